The molecule has 156 valence electrons. The number of rotatable bonds is 6. The van der Waals surface area contributed by atoms with Crippen LogP contribution in [0.4, 0.5) is 5.69 Å². The molecule has 0 bridgehead atoms. The summed E-state index contributed by atoms with van der Waals surface area (Å²) < 4.78 is 10.7. The second-order valence-corrected chi connectivity index (χ2v) is 8.01. The first-order valence-corrected chi connectivity index (χ1v) is 10.4. The highest BCUT2D eigenvalue weighted by Gasteiger charge is 2.25. The molecule has 0 atom stereocenters. The first-order valence-electron chi connectivity index (χ1n) is 10.0. The van der Waals surface area contributed by atoms with Gasteiger partial charge in [-0.1, -0.05) is 12.1 Å². The highest BCUT2D eigenvalue weighted by molar-refractivity contribution is 7.80. The van der Waals surface area contributed by atoms with Crippen molar-refractivity contribution in [2.45, 2.75) is 32.4 Å². The van der Waals surface area contributed by atoms with Crippen LogP contribution in [-0.4, -0.2) is 55.3 Å². The monoisotopic (exact) mass is 413 g/mol. The smallest absolute Gasteiger partial charge is 0.173 e. The molecule has 0 amide bonds. The zero-order chi connectivity index (χ0) is 20.8. The Balaban J connectivity index is 1.77. The lowest BCUT2D eigenvalue weighted by Gasteiger charge is -2.39. The van der Waals surface area contributed by atoms with Gasteiger partial charge in [-0.05, 0) is 93.6 Å². The molecule has 0 saturated carbocycles. The van der Waals surface area contributed by atoms with E-state index in [0.29, 0.717) is 6.04 Å². The second-order valence-electron chi connectivity index (χ2n) is 7.62. The lowest BCUT2D eigenvalue weighted by Crippen LogP contribution is -2.47. The van der Waals surface area contributed by atoms with Gasteiger partial charge in [0, 0.05) is 18.3 Å². The van der Waals surface area contributed by atoms with Gasteiger partial charge in [0.15, 0.2) is 5.11 Å². The Morgan fingerprint density at radius 2 is 1.79 bits per heavy atom. The van der Waals surface area contributed by atoms with Crippen LogP contribution in [0.1, 0.15) is 24.0 Å². The van der Waals surface area contributed by atoms with Crippen LogP contribution in [0.25, 0.3) is 0 Å². The maximum absolute atomic E-state index is 5.87. The summed E-state index contributed by atoms with van der Waals surface area (Å²) in [4.78, 5) is 4.72. The van der Waals surface area contributed by atoms with Crippen LogP contribution in [0.2, 0.25) is 0 Å². The Kier molecular flexibility index (Phi) is 7.34. The standard InChI is InChI=1S/C23H31N3O2S/c1-17-15-19(7-10-22(17)28-4)24-23(29)26(20-11-13-25(2)14-12-20)16-18-5-8-21(27-3)9-6-18/h5-10,15,20H,11-14,16H2,1-4H3,(H,24,29). The minimum atomic E-state index is 0.424. The molecule has 0 unspecified atom stereocenters. The maximum atomic E-state index is 5.87. The molecular formula is C23H31N3O2S. The molecule has 1 saturated heterocycles. The molecule has 2 aromatic carbocycles. The van der Waals surface area contributed by atoms with Gasteiger partial charge in [-0.3, -0.25) is 0 Å². The number of ether oxygens (including phenoxy) is 2. The Morgan fingerprint density at radius 1 is 1.10 bits per heavy atom. The molecule has 1 N–H and O–H groups in total. The van der Waals surface area contributed by atoms with E-state index in [4.69, 9.17) is 21.7 Å². The van der Waals surface area contributed by atoms with Crippen molar-refractivity contribution in [3.8, 4) is 11.5 Å². The fourth-order valence-corrected chi connectivity index (χ4v) is 4.08. The number of hydrogen-bond donors (Lipinski definition) is 1. The highest BCUT2D eigenvalue weighted by Crippen LogP contribution is 2.24. The van der Waals surface area contributed by atoms with E-state index in [0.717, 1.165) is 60.3 Å². The third kappa shape index (κ3) is 5.61. The van der Waals surface area contributed by atoms with Gasteiger partial charge in [0.1, 0.15) is 11.5 Å². The van der Waals surface area contributed by atoms with E-state index < -0.39 is 0 Å². The molecular weight excluding hydrogens is 382 g/mol. The number of anilines is 1. The van der Waals surface area contributed by atoms with Crippen LogP contribution in [0, 0.1) is 6.92 Å². The SMILES string of the molecule is COc1ccc(CN(C(=S)Nc2ccc(OC)c(C)c2)C2CCN(C)CC2)cc1. The quantitative estimate of drug-likeness (QED) is 0.712. The number of aryl methyl sites for hydroxylation is 1. The van der Waals surface area contributed by atoms with Crippen LogP contribution < -0.4 is 14.8 Å². The number of likely N-dealkylation sites (tertiary alicyclic amines) is 1. The zero-order valence-corrected chi connectivity index (χ0v) is 18.6. The molecule has 1 heterocycles. The number of hydrogen-bond acceptors (Lipinski definition) is 4. The molecule has 0 radical (unpaired) electrons. The molecule has 0 aromatic heterocycles. The summed E-state index contributed by atoms with van der Waals surface area (Å²) in [7, 11) is 5.56. The summed E-state index contributed by atoms with van der Waals surface area (Å²) in [5, 5.41) is 4.21. The molecule has 1 aliphatic rings. The van der Waals surface area contributed by atoms with E-state index >= 15 is 0 Å². The first kappa shape index (κ1) is 21.4. The third-order valence-electron chi connectivity index (χ3n) is 5.55. The molecule has 5 nitrogen and oxygen atoms in total. The Hall–Kier alpha value is -2.31. The number of methoxy groups -OCH3 is 2. The topological polar surface area (TPSA) is 37.0 Å². The van der Waals surface area contributed by atoms with E-state index in [2.05, 4.69) is 40.4 Å². The van der Waals surface area contributed by atoms with Crippen molar-refractivity contribution in [2.75, 3.05) is 39.7 Å². The van der Waals surface area contributed by atoms with Crippen molar-refractivity contribution < 1.29 is 9.47 Å². The third-order valence-corrected chi connectivity index (χ3v) is 5.88. The summed E-state index contributed by atoms with van der Waals surface area (Å²) in [6.45, 7) is 5.00. The van der Waals surface area contributed by atoms with Crippen LogP contribution >= 0.6 is 12.2 Å². The van der Waals surface area contributed by atoms with E-state index in [1.54, 1.807) is 14.2 Å². The summed E-state index contributed by atoms with van der Waals surface area (Å²) >= 11 is 5.87. The number of nitrogens with one attached hydrogen (secondary N) is 1. The maximum Gasteiger partial charge on any atom is 0.173 e. The number of benzene rings is 2. The van der Waals surface area contributed by atoms with Crippen molar-refractivity contribution in [2.24, 2.45) is 0 Å². The normalized spacial score (nSPS) is 15.0. The molecule has 1 fully saturated rings. The predicted octanol–water partition coefficient (Wildman–Crippen LogP) is 4.31. The number of thiocarbonyl (C=S) groups is 1. The molecule has 0 aliphatic carbocycles. The van der Waals surface area contributed by atoms with Crippen LogP contribution in [-0.2, 0) is 6.54 Å². The molecule has 0 spiro atoms. The van der Waals surface area contributed by atoms with Gasteiger partial charge in [-0.2, -0.15) is 0 Å². The van der Waals surface area contributed by atoms with Crippen LogP contribution in [0.3, 0.4) is 0 Å². The highest BCUT2D eigenvalue weighted by atomic mass is 32.1. The Bertz CT molecular complexity index is 817. The van der Waals surface area contributed by atoms with Crippen molar-refractivity contribution in [1.29, 1.82) is 0 Å². The minimum absolute atomic E-state index is 0.424. The largest absolute Gasteiger partial charge is 0.497 e. The van der Waals surface area contributed by atoms with Gasteiger partial charge in [0.05, 0.1) is 14.2 Å². The fraction of sp³-hybridized carbons (Fsp3) is 0.435. The van der Waals surface area contributed by atoms with Crippen LogP contribution in [0.5, 0.6) is 11.5 Å². The summed E-state index contributed by atoms with van der Waals surface area (Å²) in [6, 6.07) is 14.7. The predicted molar refractivity (Wildman–Crippen MR) is 123 cm³/mol. The van der Waals surface area contributed by atoms with E-state index in [1.807, 2.05) is 31.2 Å². The molecule has 2 aromatic rings. The van der Waals surface area contributed by atoms with Crippen molar-refractivity contribution in [1.82, 2.24) is 9.80 Å². The van der Waals surface area contributed by atoms with Crippen molar-refractivity contribution >= 4 is 23.0 Å². The second kappa shape index (κ2) is 9.94. The van der Waals surface area contributed by atoms with Crippen molar-refractivity contribution in [3.05, 3.63) is 53.6 Å². The van der Waals surface area contributed by atoms with E-state index in [-0.39, 0.29) is 0 Å². The lowest BCUT2D eigenvalue weighted by atomic mass is 10.0. The molecule has 1 aliphatic heterocycles. The zero-order valence-electron chi connectivity index (χ0n) is 17.8. The molecule has 6 heteroatoms. The summed E-state index contributed by atoms with van der Waals surface area (Å²) in [5.41, 5.74) is 3.29. The Morgan fingerprint density at radius 3 is 2.38 bits per heavy atom. The number of piperidine rings is 1. The summed E-state index contributed by atoms with van der Waals surface area (Å²) in [6.07, 6.45) is 2.21. The first-order chi connectivity index (χ1) is 14.0. The van der Waals surface area contributed by atoms with Gasteiger partial charge in [0.2, 0.25) is 0 Å². The average molecular weight is 414 g/mol. The van der Waals surface area contributed by atoms with Gasteiger partial charge < -0.3 is 24.6 Å². The van der Waals surface area contributed by atoms with Gasteiger partial charge in [-0.25, -0.2) is 0 Å². The average Bonchev–Trinajstić information content (AvgIpc) is 2.73. The van der Waals surface area contributed by atoms with Gasteiger partial charge in [0.25, 0.3) is 0 Å². The lowest BCUT2D eigenvalue weighted by molar-refractivity contribution is 0.173. The Labute approximate surface area is 179 Å². The van der Waals surface area contributed by atoms with Gasteiger partial charge in [-0.15, -0.1) is 0 Å². The minimum Gasteiger partial charge on any atom is -0.497 e. The van der Waals surface area contributed by atoms with E-state index in [9.17, 15) is 0 Å². The van der Waals surface area contributed by atoms with Gasteiger partial charge >= 0.3 is 0 Å². The number of nitrogens with zero attached hydrogens (tertiary/aromatic N) is 2. The van der Waals surface area contributed by atoms with Crippen molar-refractivity contribution in [3.63, 3.8) is 0 Å². The van der Waals surface area contributed by atoms with E-state index in [1.165, 1.54) is 5.56 Å². The molecule has 3 rings (SSSR count). The van der Waals surface area contributed by atoms with Crippen LogP contribution in [0.15, 0.2) is 42.5 Å². The summed E-state index contributed by atoms with van der Waals surface area (Å²) in [5.74, 6) is 1.75. The molecule has 29 heavy (non-hydrogen) atoms. The fourth-order valence-electron chi connectivity index (χ4n) is 3.75.